The van der Waals surface area contributed by atoms with Crippen LogP contribution in [0.15, 0.2) is 18.2 Å². The lowest BCUT2D eigenvalue weighted by molar-refractivity contribution is -0.128. The lowest BCUT2D eigenvalue weighted by Crippen LogP contribution is -2.46. The number of aliphatic hydroxyl groups is 1. The van der Waals surface area contributed by atoms with Gasteiger partial charge in [-0.3, -0.25) is 0 Å². The van der Waals surface area contributed by atoms with E-state index in [-0.39, 0.29) is 5.82 Å². The molecule has 1 N–H and O–H groups in total. The first-order valence-corrected chi connectivity index (χ1v) is 8.14. The molecule has 1 atom stereocenters. The normalized spacial score (nSPS) is 20.0. The summed E-state index contributed by atoms with van der Waals surface area (Å²) < 4.78 is 19.2. The standard InChI is InChI=1S/C18H27FO2/c1-3-21-18(10-6-4-5-7-11-18)17(20)13-15-8-9-16(19)12-14(15)2/h8-9,12,17,20H,3-7,10-11,13H2,1-2H3. The molecule has 1 aliphatic carbocycles. The van der Waals surface area contributed by atoms with Gasteiger partial charge in [-0.2, -0.15) is 0 Å². The zero-order chi connectivity index (χ0) is 15.3. The molecule has 0 amide bonds. The van der Waals surface area contributed by atoms with Gasteiger partial charge >= 0.3 is 0 Å². The van der Waals surface area contributed by atoms with Crippen molar-refractivity contribution in [1.82, 2.24) is 0 Å². The molecule has 0 saturated heterocycles. The number of aryl methyl sites for hydroxylation is 1. The van der Waals surface area contributed by atoms with Crippen LogP contribution in [0.2, 0.25) is 0 Å². The minimum absolute atomic E-state index is 0.222. The maximum atomic E-state index is 13.2. The molecular weight excluding hydrogens is 267 g/mol. The Kier molecular flexibility index (Phi) is 5.77. The SMILES string of the molecule is CCOC1(C(O)Cc2ccc(F)cc2C)CCCCCC1. The maximum Gasteiger partial charge on any atom is 0.123 e. The van der Waals surface area contributed by atoms with E-state index in [9.17, 15) is 9.50 Å². The second-order valence-corrected chi connectivity index (χ2v) is 6.20. The van der Waals surface area contributed by atoms with Crippen LogP contribution in [0.5, 0.6) is 0 Å². The minimum atomic E-state index is -0.528. The fourth-order valence-corrected chi connectivity index (χ4v) is 3.47. The molecule has 118 valence electrons. The van der Waals surface area contributed by atoms with Crippen molar-refractivity contribution in [2.75, 3.05) is 6.61 Å². The van der Waals surface area contributed by atoms with Crippen molar-refractivity contribution in [2.24, 2.45) is 0 Å². The first-order chi connectivity index (χ1) is 10.1. The van der Waals surface area contributed by atoms with E-state index < -0.39 is 11.7 Å². The molecule has 0 heterocycles. The van der Waals surface area contributed by atoms with E-state index in [1.807, 2.05) is 13.8 Å². The van der Waals surface area contributed by atoms with E-state index >= 15 is 0 Å². The highest BCUT2D eigenvalue weighted by Gasteiger charge is 2.38. The van der Waals surface area contributed by atoms with Gasteiger partial charge in [0, 0.05) is 13.0 Å². The Hall–Kier alpha value is -0.930. The summed E-state index contributed by atoms with van der Waals surface area (Å²) in [6, 6.07) is 4.78. The molecule has 1 unspecified atom stereocenters. The number of aliphatic hydroxyl groups excluding tert-OH is 1. The van der Waals surface area contributed by atoms with Gasteiger partial charge in [-0.05, 0) is 49.9 Å². The van der Waals surface area contributed by atoms with Gasteiger partial charge in [0.2, 0.25) is 0 Å². The van der Waals surface area contributed by atoms with Gasteiger partial charge < -0.3 is 9.84 Å². The molecule has 2 rings (SSSR count). The van der Waals surface area contributed by atoms with Crippen LogP contribution in [0.3, 0.4) is 0 Å². The van der Waals surface area contributed by atoms with Crippen LogP contribution in [-0.2, 0) is 11.2 Å². The first kappa shape index (κ1) is 16.4. The number of halogens is 1. The van der Waals surface area contributed by atoms with Crippen LogP contribution in [0.4, 0.5) is 4.39 Å². The van der Waals surface area contributed by atoms with Crippen LogP contribution in [0.25, 0.3) is 0 Å². The molecule has 21 heavy (non-hydrogen) atoms. The van der Waals surface area contributed by atoms with Gasteiger partial charge in [0.25, 0.3) is 0 Å². The molecule has 1 saturated carbocycles. The summed E-state index contributed by atoms with van der Waals surface area (Å²) in [6.07, 6.45) is 6.50. The van der Waals surface area contributed by atoms with Crippen LogP contribution >= 0.6 is 0 Å². The summed E-state index contributed by atoms with van der Waals surface area (Å²) >= 11 is 0. The smallest absolute Gasteiger partial charge is 0.123 e. The zero-order valence-corrected chi connectivity index (χ0v) is 13.2. The molecule has 3 heteroatoms. The van der Waals surface area contributed by atoms with E-state index in [2.05, 4.69) is 0 Å². The minimum Gasteiger partial charge on any atom is -0.390 e. The molecule has 1 aliphatic rings. The molecule has 1 fully saturated rings. The number of hydrogen-bond donors (Lipinski definition) is 1. The molecule has 1 aromatic rings. The fourth-order valence-electron chi connectivity index (χ4n) is 3.47. The fraction of sp³-hybridized carbons (Fsp3) is 0.667. The van der Waals surface area contributed by atoms with Crippen molar-refractivity contribution >= 4 is 0 Å². The Morgan fingerprint density at radius 1 is 1.24 bits per heavy atom. The Bertz CT molecular complexity index is 451. The zero-order valence-electron chi connectivity index (χ0n) is 13.2. The highest BCUT2D eigenvalue weighted by molar-refractivity contribution is 5.27. The summed E-state index contributed by atoms with van der Waals surface area (Å²) in [5.41, 5.74) is 1.48. The number of rotatable bonds is 5. The lowest BCUT2D eigenvalue weighted by Gasteiger charge is -2.37. The molecule has 0 aliphatic heterocycles. The van der Waals surface area contributed by atoms with Gasteiger partial charge in [-0.1, -0.05) is 31.7 Å². The number of benzene rings is 1. The van der Waals surface area contributed by atoms with E-state index in [0.29, 0.717) is 13.0 Å². The van der Waals surface area contributed by atoms with E-state index in [1.54, 1.807) is 6.07 Å². The highest BCUT2D eigenvalue weighted by atomic mass is 19.1. The third-order valence-electron chi connectivity index (χ3n) is 4.71. The van der Waals surface area contributed by atoms with Crippen LogP contribution in [0.1, 0.15) is 56.6 Å². The largest absolute Gasteiger partial charge is 0.390 e. The molecule has 1 aromatic carbocycles. The van der Waals surface area contributed by atoms with Crippen molar-refractivity contribution in [2.45, 2.75) is 70.5 Å². The van der Waals surface area contributed by atoms with Crippen molar-refractivity contribution < 1.29 is 14.2 Å². The molecular formula is C18H27FO2. The molecule has 0 spiro atoms. The average Bonchev–Trinajstić information content (AvgIpc) is 2.69. The summed E-state index contributed by atoms with van der Waals surface area (Å²) in [5.74, 6) is -0.222. The number of hydrogen-bond acceptors (Lipinski definition) is 2. The quantitative estimate of drug-likeness (QED) is 0.826. The summed E-state index contributed by atoms with van der Waals surface area (Å²) in [4.78, 5) is 0. The second-order valence-electron chi connectivity index (χ2n) is 6.20. The van der Waals surface area contributed by atoms with Crippen LogP contribution in [0, 0.1) is 12.7 Å². The summed E-state index contributed by atoms with van der Waals surface area (Å²) in [6.45, 7) is 4.51. The summed E-state index contributed by atoms with van der Waals surface area (Å²) in [5, 5.41) is 10.8. The molecule has 0 bridgehead atoms. The predicted molar refractivity (Wildman–Crippen MR) is 82.9 cm³/mol. The molecule has 0 radical (unpaired) electrons. The Balaban J connectivity index is 2.15. The van der Waals surface area contributed by atoms with Crippen molar-refractivity contribution in [3.8, 4) is 0 Å². The highest BCUT2D eigenvalue weighted by Crippen LogP contribution is 2.35. The van der Waals surface area contributed by atoms with Crippen molar-refractivity contribution in [1.29, 1.82) is 0 Å². The van der Waals surface area contributed by atoms with Crippen molar-refractivity contribution in [3.63, 3.8) is 0 Å². The van der Waals surface area contributed by atoms with E-state index in [1.165, 1.54) is 25.0 Å². The predicted octanol–water partition coefficient (Wildman–Crippen LogP) is 4.17. The van der Waals surface area contributed by atoms with Crippen LogP contribution < -0.4 is 0 Å². The maximum absolute atomic E-state index is 13.2. The molecule has 2 nitrogen and oxygen atoms in total. The van der Waals surface area contributed by atoms with Crippen molar-refractivity contribution in [3.05, 3.63) is 35.1 Å². The van der Waals surface area contributed by atoms with Gasteiger partial charge in [0.15, 0.2) is 0 Å². The first-order valence-electron chi connectivity index (χ1n) is 8.14. The third kappa shape index (κ3) is 4.04. The van der Waals surface area contributed by atoms with Crippen LogP contribution in [-0.4, -0.2) is 23.4 Å². The second kappa shape index (κ2) is 7.37. The van der Waals surface area contributed by atoms with E-state index in [0.717, 1.165) is 36.8 Å². The third-order valence-corrected chi connectivity index (χ3v) is 4.71. The van der Waals surface area contributed by atoms with Gasteiger partial charge in [0.1, 0.15) is 5.82 Å². The van der Waals surface area contributed by atoms with Gasteiger partial charge in [0.05, 0.1) is 11.7 Å². The Labute approximate surface area is 127 Å². The topological polar surface area (TPSA) is 29.5 Å². The monoisotopic (exact) mass is 294 g/mol. The molecule has 0 aromatic heterocycles. The Morgan fingerprint density at radius 3 is 2.48 bits per heavy atom. The average molecular weight is 294 g/mol. The van der Waals surface area contributed by atoms with Gasteiger partial charge in [-0.15, -0.1) is 0 Å². The summed E-state index contributed by atoms with van der Waals surface area (Å²) in [7, 11) is 0. The Morgan fingerprint density at radius 2 is 1.90 bits per heavy atom. The van der Waals surface area contributed by atoms with Gasteiger partial charge in [-0.25, -0.2) is 4.39 Å². The van der Waals surface area contributed by atoms with E-state index in [4.69, 9.17) is 4.74 Å². The lowest BCUT2D eigenvalue weighted by atomic mass is 9.84. The number of ether oxygens (including phenoxy) is 1.